The average Bonchev–Trinajstić information content (AvgIpc) is 2.66. The van der Waals surface area contributed by atoms with E-state index in [0.717, 1.165) is 0 Å². The van der Waals surface area contributed by atoms with Gasteiger partial charge in [-0.05, 0) is 32.0 Å². The van der Waals surface area contributed by atoms with E-state index in [9.17, 15) is 14.0 Å². The first-order valence-electron chi connectivity index (χ1n) is 8.51. The third kappa shape index (κ3) is 5.31. The monoisotopic (exact) mass is 358 g/mol. The molecule has 0 saturated heterocycles. The molecule has 0 spiro atoms. The van der Waals surface area contributed by atoms with Gasteiger partial charge in [0.05, 0.1) is 0 Å². The van der Waals surface area contributed by atoms with E-state index >= 15 is 0 Å². The molecule has 0 bridgehead atoms. The first-order valence-corrected chi connectivity index (χ1v) is 8.51. The van der Waals surface area contributed by atoms with E-state index in [0.29, 0.717) is 17.9 Å². The van der Waals surface area contributed by atoms with Crippen molar-refractivity contribution in [1.82, 2.24) is 10.2 Å². The fraction of sp³-hybridized carbons (Fsp3) is 0.300. The Labute approximate surface area is 152 Å². The van der Waals surface area contributed by atoms with Crippen LogP contribution in [0.1, 0.15) is 19.4 Å². The normalized spacial score (nSPS) is 11.5. The first kappa shape index (κ1) is 19.4. The molecule has 2 aromatic rings. The minimum atomic E-state index is -0.749. The highest BCUT2D eigenvalue weighted by atomic mass is 19.1. The number of carbonyl (C=O) groups excluding carboxylic acids is 2. The Morgan fingerprint density at radius 2 is 1.77 bits per heavy atom. The highest BCUT2D eigenvalue weighted by Crippen LogP contribution is 2.14. The number of amides is 2. The summed E-state index contributed by atoms with van der Waals surface area (Å²) in [5.74, 6) is -0.553. The van der Waals surface area contributed by atoms with Gasteiger partial charge in [-0.3, -0.25) is 9.59 Å². The molecule has 6 heteroatoms. The molecular formula is C20H23FN2O3. The van der Waals surface area contributed by atoms with E-state index in [-0.39, 0.29) is 19.1 Å². The zero-order valence-corrected chi connectivity index (χ0v) is 14.9. The molecule has 0 aliphatic heterocycles. The summed E-state index contributed by atoms with van der Waals surface area (Å²) in [7, 11) is 0. The second-order valence-corrected chi connectivity index (χ2v) is 5.79. The van der Waals surface area contributed by atoms with Crippen LogP contribution in [0.4, 0.5) is 4.39 Å². The summed E-state index contributed by atoms with van der Waals surface area (Å²) >= 11 is 0. The van der Waals surface area contributed by atoms with E-state index in [1.54, 1.807) is 56.3 Å². The lowest BCUT2D eigenvalue weighted by Gasteiger charge is -2.28. The lowest BCUT2D eigenvalue weighted by molar-refractivity contribution is -0.142. The van der Waals surface area contributed by atoms with E-state index in [1.165, 1.54) is 11.0 Å². The van der Waals surface area contributed by atoms with E-state index in [4.69, 9.17) is 4.74 Å². The maximum atomic E-state index is 14.0. The van der Waals surface area contributed by atoms with Crippen LogP contribution in [0.25, 0.3) is 0 Å². The average molecular weight is 358 g/mol. The highest BCUT2D eigenvalue weighted by Gasteiger charge is 2.26. The Morgan fingerprint density at radius 1 is 1.12 bits per heavy atom. The molecule has 0 heterocycles. The molecule has 5 nitrogen and oxygen atoms in total. The second kappa shape index (κ2) is 9.56. The number of benzene rings is 2. The van der Waals surface area contributed by atoms with Crippen molar-refractivity contribution < 1.29 is 18.7 Å². The third-order valence-electron chi connectivity index (χ3n) is 3.92. The summed E-state index contributed by atoms with van der Waals surface area (Å²) in [6.07, 6.45) is 0. The van der Waals surface area contributed by atoms with Crippen molar-refractivity contribution in [2.24, 2.45) is 0 Å². The Hall–Kier alpha value is -2.89. The summed E-state index contributed by atoms with van der Waals surface area (Å²) in [6, 6.07) is 14.4. The van der Waals surface area contributed by atoms with Gasteiger partial charge in [0.25, 0.3) is 5.91 Å². The number of nitrogens with zero attached hydrogens (tertiary/aromatic N) is 1. The SMILES string of the molecule is CCNC(=O)[C@H](C)N(Cc1ccccc1F)C(=O)COc1ccccc1. The Balaban J connectivity index is 2.14. The van der Waals surface area contributed by atoms with Gasteiger partial charge in [0.2, 0.25) is 5.91 Å². The van der Waals surface area contributed by atoms with Gasteiger partial charge in [0.1, 0.15) is 17.6 Å². The minimum absolute atomic E-state index is 0.0119. The molecule has 1 N–H and O–H groups in total. The fourth-order valence-corrected chi connectivity index (χ4v) is 2.46. The largest absolute Gasteiger partial charge is 0.484 e. The topological polar surface area (TPSA) is 58.6 Å². The number of likely N-dealkylation sites (N-methyl/N-ethyl adjacent to an activating group) is 1. The lowest BCUT2D eigenvalue weighted by atomic mass is 10.1. The van der Waals surface area contributed by atoms with Crippen LogP contribution in [0.5, 0.6) is 5.75 Å². The highest BCUT2D eigenvalue weighted by molar-refractivity contribution is 5.87. The first-order chi connectivity index (χ1) is 12.5. The molecule has 0 radical (unpaired) electrons. The minimum Gasteiger partial charge on any atom is -0.484 e. The maximum Gasteiger partial charge on any atom is 0.261 e. The van der Waals surface area contributed by atoms with Crippen molar-refractivity contribution in [3.05, 3.63) is 66.0 Å². The van der Waals surface area contributed by atoms with Gasteiger partial charge in [0, 0.05) is 18.7 Å². The second-order valence-electron chi connectivity index (χ2n) is 5.79. The van der Waals surface area contributed by atoms with Gasteiger partial charge < -0.3 is 15.0 Å². The number of halogens is 1. The van der Waals surface area contributed by atoms with Gasteiger partial charge in [0.15, 0.2) is 6.61 Å². The zero-order chi connectivity index (χ0) is 18.9. The van der Waals surface area contributed by atoms with Crippen LogP contribution < -0.4 is 10.1 Å². The molecule has 2 aromatic carbocycles. The van der Waals surface area contributed by atoms with Crippen molar-refractivity contribution in [2.45, 2.75) is 26.4 Å². The number of para-hydroxylation sites is 1. The molecule has 0 saturated carbocycles. The van der Waals surface area contributed by atoms with Gasteiger partial charge in [-0.2, -0.15) is 0 Å². The fourth-order valence-electron chi connectivity index (χ4n) is 2.46. The van der Waals surface area contributed by atoms with E-state index in [1.807, 2.05) is 6.07 Å². The van der Waals surface area contributed by atoms with Crippen LogP contribution in [-0.4, -0.2) is 35.9 Å². The molecule has 0 aliphatic carbocycles. The Morgan fingerprint density at radius 3 is 2.42 bits per heavy atom. The smallest absolute Gasteiger partial charge is 0.261 e. The molecule has 138 valence electrons. The van der Waals surface area contributed by atoms with Crippen LogP contribution in [0, 0.1) is 5.82 Å². The van der Waals surface area contributed by atoms with E-state index in [2.05, 4.69) is 5.32 Å². The van der Waals surface area contributed by atoms with Crippen molar-refractivity contribution in [2.75, 3.05) is 13.2 Å². The van der Waals surface area contributed by atoms with Crippen molar-refractivity contribution in [3.8, 4) is 5.75 Å². The number of carbonyl (C=O) groups is 2. The predicted octanol–water partition coefficient (Wildman–Crippen LogP) is 2.76. The van der Waals surface area contributed by atoms with Gasteiger partial charge >= 0.3 is 0 Å². The number of ether oxygens (including phenoxy) is 1. The summed E-state index contributed by atoms with van der Waals surface area (Å²) in [4.78, 5) is 26.2. The molecule has 1 atom stereocenters. The molecular weight excluding hydrogens is 335 g/mol. The summed E-state index contributed by atoms with van der Waals surface area (Å²) in [5.41, 5.74) is 0.344. The van der Waals surface area contributed by atoms with Gasteiger partial charge in [-0.25, -0.2) is 4.39 Å². The maximum absolute atomic E-state index is 14.0. The Kier molecular flexibility index (Phi) is 7.14. The van der Waals surface area contributed by atoms with Crippen molar-refractivity contribution in [1.29, 1.82) is 0 Å². The standard InChI is InChI=1S/C20H23FN2O3/c1-3-22-20(25)15(2)23(13-16-9-7-8-12-18(16)21)19(24)14-26-17-10-5-4-6-11-17/h4-12,15H,3,13-14H2,1-2H3,(H,22,25)/t15-/m0/s1. The van der Waals surface area contributed by atoms with E-state index < -0.39 is 17.8 Å². The third-order valence-corrected chi connectivity index (χ3v) is 3.92. The molecule has 2 rings (SSSR count). The number of nitrogens with one attached hydrogen (secondary N) is 1. The molecule has 0 fully saturated rings. The lowest BCUT2D eigenvalue weighted by Crippen LogP contribution is -2.49. The molecule has 2 amide bonds. The van der Waals surface area contributed by atoms with Crippen LogP contribution in [0.2, 0.25) is 0 Å². The summed E-state index contributed by atoms with van der Waals surface area (Å²) in [6.45, 7) is 3.62. The van der Waals surface area contributed by atoms with Crippen molar-refractivity contribution >= 4 is 11.8 Å². The molecule has 0 aromatic heterocycles. The summed E-state index contributed by atoms with van der Waals surface area (Å²) in [5, 5.41) is 2.69. The number of hydrogen-bond donors (Lipinski definition) is 1. The molecule has 0 unspecified atom stereocenters. The van der Waals surface area contributed by atoms with Crippen LogP contribution >= 0.6 is 0 Å². The molecule has 26 heavy (non-hydrogen) atoms. The Bertz CT molecular complexity index is 737. The number of hydrogen-bond acceptors (Lipinski definition) is 3. The quantitative estimate of drug-likeness (QED) is 0.789. The van der Waals surface area contributed by atoms with Gasteiger partial charge in [-0.15, -0.1) is 0 Å². The predicted molar refractivity (Wildman–Crippen MR) is 97.0 cm³/mol. The zero-order valence-electron chi connectivity index (χ0n) is 14.9. The van der Waals surface area contributed by atoms with Crippen LogP contribution in [-0.2, 0) is 16.1 Å². The summed E-state index contributed by atoms with van der Waals surface area (Å²) < 4.78 is 19.5. The van der Waals surface area contributed by atoms with Crippen LogP contribution in [0.3, 0.4) is 0 Å². The van der Waals surface area contributed by atoms with Crippen molar-refractivity contribution in [3.63, 3.8) is 0 Å². The van der Waals surface area contributed by atoms with Gasteiger partial charge in [-0.1, -0.05) is 36.4 Å². The molecule has 0 aliphatic rings. The van der Waals surface area contributed by atoms with Crippen LogP contribution in [0.15, 0.2) is 54.6 Å². The number of rotatable bonds is 8.